The van der Waals surface area contributed by atoms with E-state index in [0.29, 0.717) is 11.1 Å². The molecule has 126 valence electrons. The molecule has 3 rings (SSSR count). The summed E-state index contributed by atoms with van der Waals surface area (Å²) in [5.41, 5.74) is 1.89. The Morgan fingerprint density at radius 1 is 1.19 bits per heavy atom. The Hall–Kier alpha value is -3.90. The third-order valence-electron chi connectivity index (χ3n) is 4.15. The molecule has 0 radical (unpaired) electrons. The molecule has 1 N–H and O–H groups in total. The number of nitrogens with zero attached hydrogens (tertiary/aromatic N) is 3. The number of hydrogen-bond donors (Lipinski definition) is 1. The minimum atomic E-state index is -1.31. The van der Waals surface area contributed by atoms with E-state index >= 15 is 0 Å². The Labute approximate surface area is 149 Å². The number of carbonyl (C=O) groups is 1. The molecule has 1 aromatic heterocycles. The molecule has 0 aliphatic carbocycles. The van der Waals surface area contributed by atoms with Crippen LogP contribution in [0.2, 0.25) is 0 Å². The van der Waals surface area contributed by atoms with Gasteiger partial charge in [-0.1, -0.05) is 42.5 Å². The van der Waals surface area contributed by atoms with Crippen LogP contribution in [0, 0.1) is 23.9 Å². The highest BCUT2D eigenvalue weighted by atomic mass is 19.1. The van der Waals surface area contributed by atoms with Crippen LogP contribution in [0.3, 0.4) is 0 Å². The summed E-state index contributed by atoms with van der Waals surface area (Å²) in [7, 11) is 1.27. The third kappa shape index (κ3) is 2.60. The van der Waals surface area contributed by atoms with E-state index in [-0.39, 0.29) is 16.9 Å². The number of rotatable bonds is 3. The molecule has 0 aliphatic heterocycles. The molecular formula is C20H12FN3O2. The SMILES string of the molecule is [C-]#[N+]c1c(-c2ccc(-c3ccccc3C#N)cc2)c(C(=O)O)n(C)c1F. The lowest BCUT2D eigenvalue weighted by atomic mass is 9.97. The minimum absolute atomic E-state index is 0.0487. The molecule has 6 heteroatoms. The first-order valence-electron chi connectivity index (χ1n) is 7.58. The number of aromatic nitrogens is 1. The summed E-state index contributed by atoms with van der Waals surface area (Å²) in [5.74, 6) is -2.19. The summed E-state index contributed by atoms with van der Waals surface area (Å²) in [6.07, 6.45) is 0. The van der Waals surface area contributed by atoms with Gasteiger partial charge in [-0.15, -0.1) is 0 Å². The van der Waals surface area contributed by atoms with E-state index in [2.05, 4.69) is 10.9 Å². The zero-order valence-corrected chi connectivity index (χ0v) is 13.7. The summed E-state index contributed by atoms with van der Waals surface area (Å²) >= 11 is 0. The summed E-state index contributed by atoms with van der Waals surface area (Å²) in [4.78, 5) is 14.7. The van der Waals surface area contributed by atoms with Gasteiger partial charge in [0.05, 0.1) is 18.2 Å². The molecule has 26 heavy (non-hydrogen) atoms. The van der Waals surface area contributed by atoms with Crippen LogP contribution in [0.25, 0.3) is 27.1 Å². The number of hydrogen-bond acceptors (Lipinski definition) is 2. The quantitative estimate of drug-likeness (QED) is 0.704. The Kier molecular flexibility index (Phi) is 4.26. The summed E-state index contributed by atoms with van der Waals surface area (Å²) < 4.78 is 15.1. The molecule has 1 heterocycles. The van der Waals surface area contributed by atoms with E-state index in [1.165, 1.54) is 7.05 Å². The van der Waals surface area contributed by atoms with E-state index in [4.69, 9.17) is 6.57 Å². The monoisotopic (exact) mass is 345 g/mol. The van der Waals surface area contributed by atoms with Crippen molar-refractivity contribution >= 4 is 11.7 Å². The number of carboxylic acids is 1. The Morgan fingerprint density at radius 3 is 2.38 bits per heavy atom. The molecule has 0 bridgehead atoms. The third-order valence-corrected chi connectivity index (χ3v) is 4.15. The van der Waals surface area contributed by atoms with Crippen LogP contribution in [0.15, 0.2) is 48.5 Å². The second kappa shape index (κ2) is 6.54. The minimum Gasteiger partial charge on any atom is -0.477 e. The maximum Gasteiger partial charge on any atom is 0.351 e. The van der Waals surface area contributed by atoms with Gasteiger partial charge in [0, 0.05) is 12.6 Å². The zero-order valence-electron chi connectivity index (χ0n) is 13.7. The first-order valence-corrected chi connectivity index (χ1v) is 7.58. The fourth-order valence-electron chi connectivity index (χ4n) is 2.91. The molecule has 0 unspecified atom stereocenters. The van der Waals surface area contributed by atoms with Crippen LogP contribution in [0.5, 0.6) is 0 Å². The Bertz CT molecular complexity index is 1100. The van der Waals surface area contributed by atoms with Gasteiger partial charge in [-0.05, 0) is 22.8 Å². The summed E-state index contributed by atoms with van der Waals surface area (Å²) in [6, 6.07) is 15.9. The van der Waals surface area contributed by atoms with Crippen molar-refractivity contribution in [2.45, 2.75) is 0 Å². The maximum absolute atomic E-state index is 14.2. The molecule has 0 fully saturated rings. The van der Waals surface area contributed by atoms with Gasteiger partial charge in [0.15, 0.2) is 0 Å². The highest BCUT2D eigenvalue weighted by Gasteiger charge is 2.26. The first kappa shape index (κ1) is 16.9. The van der Waals surface area contributed by atoms with Crippen molar-refractivity contribution in [2.24, 2.45) is 7.05 Å². The predicted molar refractivity (Wildman–Crippen MR) is 94.2 cm³/mol. The molecule has 2 aromatic carbocycles. The Balaban J connectivity index is 2.17. The summed E-state index contributed by atoms with van der Waals surface area (Å²) in [6.45, 7) is 7.20. The van der Waals surface area contributed by atoms with Crippen molar-refractivity contribution < 1.29 is 14.3 Å². The molecular weight excluding hydrogens is 333 g/mol. The second-order valence-electron chi connectivity index (χ2n) is 5.57. The predicted octanol–water partition coefficient (Wildman–Crippen LogP) is 4.62. The number of benzene rings is 2. The normalized spacial score (nSPS) is 10.2. The van der Waals surface area contributed by atoms with E-state index in [1.54, 1.807) is 36.4 Å². The summed E-state index contributed by atoms with van der Waals surface area (Å²) in [5, 5.41) is 18.6. The lowest BCUT2D eigenvalue weighted by molar-refractivity contribution is 0.0686. The van der Waals surface area contributed by atoms with E-state index in [9.17, 15) is 19.6 Å². The van der Waals surface area contributed by atoms with Crippen LogP contribution >= 0.6 is 0 Å². The van der Waals surface area contributed by atoms with Crippen molar-refractivity contribution in [3.63, 3.8) is 0 Å². The van der Waals surface area contributed by atoms with Gasteiger partial charge < -0.3 is 9.67 Å². The topological polar surface area (TPSA) is 70.4 Å². The molecule has 0 saturated heterocycles. The average molecular weight is 345 g/mol. The lowest BCUT2D eigenvalue weighted by Crippen LogP contribution is -2.07. The molecule has 0 spiro atoms. The van der Waals surface area contributed by atoms with Crippen molar-refractivity contribution in [1.82, 2.24) is 4.57 Å². The molecule has 0 saturated carbocycles. The highest BCUT2D eigenvalue weighted by Crippen LogP contribution is 2.39. The van der Waals surface area contributed by atoms with Gasteiger partial charge in [0.2, 0.25) is 11.6 Å². The molecule has 3 aromatic rings. The molecule has 0 amide bonds. The van der Waals surface area contributed by atoms with Crippen LogP contribution in [-0.2, 0) is 7.05 Å². The van der Waals surface area contributed by atoms with E-state index in [1.807, 2.05) is 12.1 Å². The number of halogens is 1. The van der Waals surface area contributed by atoms with Gasteiger partial charge in [-0.3, -0.25) is 0 Å². The number of nitriles is 1. The van der Waals surface area contributed by atoms with Crippen molar-refractivity contribution in [2.75, 3.05) is 0 Å². The van der Waals surface area contributed by atoms with Gasteiger partial charge in [-0.2, -0.15) is 5.26 Å². The molecule has 0 atom stereocenters. The van der Waals surface area contributed by atoms with Gasteiger partial charge >= 0.3 is 5.97 Å². The number of aromatic carboxylic acids is 1. The van der Waals surface area contributed by atoms with Crippen LogP contribution in [0.4, 0.5) is 10.1 Å². The maximum atomic E-state index is 14.2. The van der Waals surface area contributed by atoms with Crippen LogP contribution < -0.4 is 0 Å². The van der Waals surface area contributed by atoms with E-state index in [0.717, 1.165) is 15.7 Å². The van der Waals surface area contributed by atoms with Gasteiger partial charge in [0.25, 0.3) is 0 Å². The Morgan fingerprint density at radius 2 is 1.81 bits per heavy atom. The number of carboxylic acid groups (broad SMARTS) is 1. The molecule has 5 nitrogen and oxygen atoms in total. The average Bonchev–Trinajstić information content (AvgIpc) is 2.92. The smallest absolute Gasteiger partial charge is 0.351 e. The van der Waals surface area contributed by atoms with E-state index < -0.39 is 11.9 Å². The zero-order chi connectivity index (χ0) is 18.8. The second-order valence-corrected chi connectivity index (χ2v) is 5.57. The first-order chi connectivity index (χ1) is 12.5. The fourth-order valence-corrected chi connectivity index (χ4v) is 2.91. The molecule has 0 aliphatic rings. The van der Waals surface area contributed by atoms with Crippen LogP contribution in [-0.4, -0.2) is 15.6 Å². The van der Waals surface area contributed by atoms with Gasteiger partial charge in [0.1, 0.15) is 5.69 Å². The standard InChI is InChI=1S/C20H12FN3O2/c1-23-17-16(18(20(25)26)24(2)19(17)21)13-9-7-12(8-10-13)15-6-4-3-5-14(15)11-22/h3-10H,2H3,(H,25,26). The van der Waals surface area contributed by atoms with Crippen LogP contribution in [0.1, 0.15) is 16.1 Å². The fraction of sp³-hybridized carbons (Fsp3) is 0.0500. The van der Waals surface area contributed by atoms with Crippen molar-refractivity contribution in [1.29, 1.82) is 5.26 Å². The lowest BCUT2D eigenvalue weighted by Gasteiger charge is -2.07. The van der Waals surface area contributed by atoms with Gasteiger partial charge in [-0.25, -0.2) is 14.0 Å². The highest BCUT2D eigenvalue weighted by molar-refractivity contribution is 6.00. The largest absolute Gasteiger partial charge is 0.477 e. The van der Waals surface area contributed by atoms with Crippen molar-refractivity contribution in [3.8, 4) is 28.3 Å². The van der Waals surface area contributed by atoms with Crippen molar-refractivity contribution in [3.05, 3.63) is 77.2 Å².